The average molecular weight is 589 g/mol. The Morgan fingerprint density at radius 3 is 2.85 bits per heavy atom. The van der Waals surface area contributed by atoms with Gasteiger partial charge in [-0.15, -0.1) is 11.3 Å². The first kappa shape index (κ1) is 27.1. The van der Waals surface area contributed by atoms with Gasteiger partial charge < -0.3 is 14.6 Å². The topological polar surface area (TPSA) is 133 Å². The molecular formula is C26H20F4N6O4S. The van der Waals surface area contributed by atoms with Crippen LogP contribution in [0.15, 0.2) is 12.4 Å². The molecule has 15 heteroatoms. The Hall–Kier alpha value is -4.13. The van der Waals surface area contributed by atoms with Crippen molar-refractivity contribution < 1.29 is 36.9 Å². The molecule has 3 aromatic heterocycles. The number of halogens is 4. The maximum absolute atomic E-state index is 16.4. The lowest BCUT2D eigenvalue weighted by atomic mass is 9.94. The van der Waals surface area contributed by atoms with Crippen molar-refractivity contribution in [2.24, 2.45) is 0 Å². The molecule has 0 bridgehead atoms. The number of thiophene rings is 1. The largest absolute Gasteiger partial charge is 0.465 e. The van der Waals surface area contributed by atoms with E-state index in [9.17, 15) is 28.3 Å². The zero-order chi connectivity index (χ0) is 29.1. The van der Waals surface area contributed by atoms with Crippen LogP contribution in [0.1, 0.15) is 29.5 Å². The van der Waals surface area contributed by atoms with Crippen molar-refractivity contribution in [3.63, 3.8) is 0 Å². The molecule has 0 unspecified atom stereocenters. The van der Waals surface area contributed by atoms with Crippen LogP contribution >= 0.6 is 11.3 Å². The molecule has 2 aliphatic rings. The molecule has 1 atom stereocenters. The highest BCUT2D eigenvalue weighted by Gasteiger charge is 2.39. The fraction of sp³-hybridized carbons (Fsp3) is 0.346. The van der Waals surface area contributed by atoms with Crippen LogP contribution in [0.25, 0.3) is 32.2 Å². The van der Waals surface area contributed by atoms with Crippen molar-refractivity contribution in [1.82, 2.24) is 19.9 Å². The third-order valence-corrected chi connectivity index (χ3v) is 8.42. The number of pyridine rings is 1. The number of benzene rings is 1. The summed E-state index contributed by atoms with van der Waals surface area (Å²) in [7, 11) is 1.72. The molecule has 1 fully saturated rings. The molecule has 1 amide bonds. The zero-order valence-corrected chi connectivity index (χ0v) is 22.1. The quantitative estimate of drug-likeness (QED) is 0.299. The lowest BCUT2D eigenvalue weighted by Crippen LogP contribution is -2.47. The van der Waals surface area contributed by atoms with Crippen LogP contribution in [-0.4, -0.2) is 63.2 Å². The van der Waals surface area contributed by atoms with Gasteiger partial charge in [0, 0.05) is 48.0 Å². The number of nitrogens with zero attached hydrogens (tertiary/aromatic N) is 5. The lowest BCUT2D eigenvalue weighted by molar-refractivity contribution is -0.0795. The summed E-state index contributed by atoms with van der Waals surface area (Å²) in [4.78, 5) is 25.6. The Morgan fingerprint density at radius 1 is 1.32 bits per heavy atom. The number of rotatable bonds is 5. The number of likely N-dealkylation sites (tertiary alicyclic amines) is 1. The Bertz CT molecular complexity index is 1780. The first-order chi connectivity index (χ1) is 19.6. The van der Waals surface area contributed by atoms with Gasteiger partial charge in [0.25, 0.3) is 5.92 Å². The normalized spacial score (nSPS) is 18.4. The van der Waals surface area contributed by atoms with Gasteiger partial charge in [-0.1, -0.05) is 0 Å². The summed E-state index contributed by atoms with van der Waals surface area (Å²) in [6.45, 7) is 0.139. The van der Waals surface area contributed by atoms with Crippen molar-refractivity contribution in [1.29, 1.82) is 5.26 Å². The molecule has 1 saturated heterocycles. The Labute approximate surface area is 233 Å². The molecule has 0 saturated carbocycles. The number of hydrogen-bond donors (Lipinski definition) is 2. The molecule has 10 nitrogen and oxygen atoms in total. The number of hydrogen-bond acceptors (Lipinski definition) is 9. The highest BCUT2D eigenvalue weighted by molar-refractivity contribution is 7.23. The van der Waals surface area contributed by atoms with Crippen LogP contribution in [0, 0.1) is 23.0 Å². The van der Waals surface area contributed by atoms with Gasteiger partial charge in [-0.25, -0.2) is 27.3 Å². The molecule has 6 rings (SSSR count). The van der Waals surface area contributed by atoms with E-state index in [0.717, 1.165) is 6.20 Å². The van der Waals surface area contributed by atoms with Gasteiger partial charge in [0.15, 0.2) is 11.6 Å². The highest BCUT2D eigenvalue weighted by Crippen LogP contribution is 2.45. The van der Waals surface area contributed by atoms with E-state index in [-0.39, 0.29) is 76.2 Å². The van der Waals surface area contributed by atoms with Gasteiger partial charge in [-0.3, -0.25) is 15.2 Å². The number of piperidine rings is 1. The summed E-state index contributed by atoms with van der Waals surface area (Å²) in [5.74, 6) is -4.49. The van der Waals surface area contributed by atoms with E-state index in [1.807, 2.05) is 6.07 Å². The minimum atomic E-state index is -2.82. The van der Waals surface area contributed by atoms with Crippen LogP contribution in [0.2, 0.25) is 0 Å². The third-order valence-electron chi connectivity index (χ3n) is 7.31. The molecule has 4 aromatic rings. The van der Waals surface area contributed by atoms with E-state index in [1.165, 1.54) is 6.20 Å². The Kier molecular flexibility index (Phi) is 6.63. The van der Waals surface area contributed by atoms with Crippen LogP contribution in [0.3, 0.4) is 0 Å². The first-order valence-electron chi connectivity index (χ1n) is 12.4. The number of fused-ring (bicyclic) bond motifs is 4. The van der Waals surface area contributed by atoms with Gasteiger partial charge in [-0.2, -0.15) is 10.2 Å². The summed E-state index contributed by atoms with van der Waals surface area (Å²) in [6, 6.07) is 1.06. The monoisotopic (exact) mass is 588 g/mol. The number of likely N-dealkylation sites (N-methyl/N-ethyl adjacent to an activating group) is 1. The van der Waals surface area contributed by atoms with Crippen molar-refractivity contribution in [2.45, 2.75) is 38.0 Å². The summed E-state index contributed by atoms with van der Waals surface area (Å²) >= 11 is 0.691. The van der Waals surface area contributed by atoms with E-state index in [1.54, 1.807) is 11.9 Å². The van der Waals surface area contributed by atoms with Crippen molar-refractivity contribution >= 4 is 43.4 Å². The molecule has 2 aliphatic heterocycles. The van der Waals surface area contributed by atoms with E-state index < -0.39 is 36.1 Å². The summed E-state index contributed by atoms with van der Waals surface area (Å²) in [6.07, 6.45) is 0.139. The molecular weight excluding hydrogens is 568 g/mol. The Balaban J connectivity index is 1.48. The van der Waals surface area contributed by atoms with Crippen molar-refractivity contribution in [2.75, 3.05) is 25.5 Å². The average Bonchev–Trinajstić information content (AvgIpc) is 3.55. The predicted molar refractivity (Wildman–Crippen MR) is 139 cm³/mol. The fourth-order valence-corrected chi connectivity index (χ4v) is 6.29. The maximum atomic E-state index is 16.4. The van der Waals surface area contributed by atoms with Crippen molar-refractivity contribution in [3.05, 3.63) is 40.7 Å². The van der Waals surface area contributed by atoms with E-state index in [0.29, 0.717) is 27.8 Å². The molecule has 1 aromatic carbocycles. The zero-order valence-electron chi connectivity index (χ0n) is 21.3. The number of aromatic nitrogens is 3. The number of nitrogens with one attached hydrogen (secondary N) is 1. The fourth-order valence-electron chi connectivity index (χ4n) is 5.25. The second-order valence-electron chi connectivity index (χ2n) is 9.82. The van der Waals surface area contributed by atoms with Gasteiger partial charge in [0.2, 0.25) is 0 Å². The molecule has 2 N–H and O–H groups in total. The highest BCUT2D eigenvalue weighted by atomic mass is 32.1. The molecule has 0 spiro atoms. The van der Waals surface area contributed by atoms with Crippen LogP contribution in [0.5, 0.6) is 6.01 Å². The number of amides is 1. The minimum absolute atomic E-state index is 0.00912. The molecule has 5 heterocycles. The third kappa shape index (κ3) is 4.67. The SMILES string of the molecule is CN1CCC(F)(F)C[C@H]1COc1ncc2c3c(c(-c4ncc(F)c5sc(NC(=O)O)c(C#N)c45)c(F)c2n1)COC3. The van der Waals surface area contributed by atoms with Gasteiger partial charge >= 0.3 is 12.1 Å². The second kappa shape index (κ2) is 10.1. The van der Waals surface area contributed by atoms with E-state index in [2.05, 4.69) is 20.3 Å². The maximum Gasteiger partial charge on any atom is 0.409 e. The molecule has 0 radical (unpaired) electrons. The molecule has 212 valence electrons. The predicted octanol–water partition coefficient (Wildman–Crippen LogP) is 5.28. The molecule has 0 aliphatic carbocycles. The van der Waals surface area contributed by atoms with Crippen LogP contribution in [-0.2, 0) is 18.0 Å². The van der Waals surface area contributed by atoms with Gasteiger partial charge in [-0.05, 0) is 18.2 Å². The second-order valence-corrected chi connectivity index (χ2v) is 10.8. The van der Waals surface area contributed by atoms with Gasteiger partial charge in [0.1, 0.15) is 23.2 Å². The van der Waals surface area contributed by atoms with Crippen molar-refractivity contribution in [3.8, 4) is 23.3 Å². The smallest absolute Gasteiger partial charge is 0.409 e. The number of alkyl halides is 2. The number of carboxylic acid groups (broad SMARTS) is 1. The number of carbonyl (C=O) groups is 1. The van der Waals surface area contributed by atoms with E-state index in [4.69, 9.17) is 9.47 Å². The van der Waals surface area contributed by atoms with Gasteiger partial charge in [0.05, 0.1) is 35.4 Å². The standard InChI is InChI=1S/C26H20F4N6O4S/c1-36-3-2-26(29,30)4-11(36)8-40-24-33-6-13-14-9-39-10-15(14)17(19(28)20(13)34-24)21-18-12(5-31)23(35-25(37)38)41-22(18)16(27)7-32-21/h6-7,11,35H,2-4,8-10H2,1H3,(H,37,38)/t11-/m0/s1. The summed E-state index contributed by atoms with van der Waals surface area (Å²) < 4.78 is 70.2. The van der Waals surface area contributed by atoms with E-state index >= 15 is 4.39 Å². The lowest BCUT2D eigenvalue weighted by Gasteiger charge is -2.36. The molecule has 41 heavy (non-hydrogen) atoms. The summed E-state index contributed by atoms with van der Waals surface area (Å²) in [5, 5.41) is 21.3. The minimum Gasteiger partial charge on any atom is -0.465 e. The van der Waals surface area contributed by atoms with Crippen LogP contribution in [0.4, 0.5) is 27.4 Å². The summed E-state index contributed by atoms with van der Waals surface area (Å²) in [5.41, 5.74) is 0.437. The number of nitriles is 1. The number of ether oxygens (including phenoxy) is 2. The first-order valence-corrected chi connectivity index (χ1v) is 13.2. The van der Waals surface area contributed by atoms with Crippen LogP contribution < -0.4 is 10.1 Å². The Morgan fingerprint density at radius 2 is 2.10 bits per heavy atom. The number of anilines is 1.